The van der Waals surface area contributed by atoms with E-state index in [0.717, 1.165) is 34.4 Å². The van der Waals surface area contributed by atoms with Crippen LogP contribution in [0.4, 0.5) is 0 Å². The van der Waals surface area contributed by atoms with Crippen molar-refractivity contribution in [2.75, 3.05) is 7.11 Å². The van der Waals surface area contributed by atoms with E-state index >= 15 is 0 Å². The highest BCUT2D eigenvalue weighted by Gasteiger charge is 2.05. The van der Waals surface area contributed by atoms with Crippen molar-refractivity contribution in [3.8, 4) is 17.1 Å². The zero-order valence-electron chi connectivity index (χ0n) is 12.9. The van der Waals surface area contributed by atoms with E-state index in [9.17, 15) is 0 Å². The summed E-state index contributed by atoms with van der Waals surface area (Å²) in [6.07, 6.45) is 0. The Morgan fingerprint density at radius 3 is 2.61 bits per heavy atom. The molecule has 0 aliphatic heterocycles. The molecule has 3 nitrogen and oxygen atoms in total. The van der Waals surface area contributed by atoms with Gasteiger partial charge >= 0.3 is 0 Å². The van der Waals surface area contributed by atoms with Gasteiger partial charge in [0.15, 0.2) is 0 Å². The lowest BCUT2D eigenvalue weighted by Gasteiger charge is -2.05. The first-order valence-electron chi connectivity index (χ1n) is 7.43. The summed E-state index contributed by atoms with van der Waals surface area (Å²) in [6, 6.07) is 19.6. The lowest BCUT2D eigenvalue weighted by molar-refractivity contribution is 0.414. The minimum absolute atomic E-state index is 0.671. The van der Waals surface area contributed by atoms with Crippen LogP contribution in [0, 0.1) is 0 Å². The smallest absolute Gasteiger partial charge is 0.134 e. The molecule has 0 radical (unpaired) electrons. The number of hydrogen-bond donors (Lipinski definition) is 1. The second-order valence-corrected chi connectivity index (χ2v) is 5.66. The quantitative estimate of drug-likeness (QED) is 0.699. The third-order valence-electron chi connectivity index (χ3n) is 3.55. The van der Waals surface area contributed by atoms with Gasteiger partial charge < -0.3 is 14.5 Å². The van der Waals surface area contributed by atoms with Crippen molar-refractivity contribution >= 4 is 11.6 Å². The molecule has 1 N–H and O–H groups in total. The Hall–Kier alpha value is -2.23. The Bertz CT molecular complexity index is 765. The first kappa shape index (κ1) is 15.7. The van der Waals surface area contributed by atoms with Gasteiger partial charge in [-0.3, -0.25) is 0 Å². The van der Waals surface area contributed by atoms with Crippen molar-refractivity contribution in [1.29, 1.82) is 0 Å². The number of methoxy groups -OCH3 is 1. The molecule has 0 saturated carbocycles. The monoisotopic (exact) mass is 327 g/mol. The predicted molar refractivity (Wildman–Crippen MR) is 92.7 cm³/mol. The van der Waals surface area contributed by atoms with Crippen molar-refractivity contribution in [3.05, 3.63) is 77.0 Å². The molecule has 0 bridgehead atoms. The molecule has 0 unspecified atom stereocenters. The summed E-state index contributed by atoms with van der Waals surface area (Å²) >= 11 is 5.90. The van der Waals surface area contributed by atoms with Crippen LogP contribution in [0.3, 0.4) is 0 Å². The molecule has 2 aromatic carbocycles. The van der Waals surface area contributed by atoms with Gasteiger partial charge in [0.1, 0.15) is 17.3 Å². The third kappa shape index (κ3) is 4.15. The number of halogens is 1. The van der Waals surface area contributed by atoms with Gasteiger partial charge in [0.2, 0.25) is 0 Å². The number of ether oxygens (including phenoxy) is 1. The fourth-order valence-electron chi connectivity index (χ4n) is 2.35. The van der Waals surface area contributed by atoms with Crippen LogP contribution in [0.15, 0.2) is 65.1 Å². The first-order valence-corrected chi connectivity index (χ1v) is 7.81. The van der Waals surface area contributed by atoms with E-state index in [1.165, 1.54) is 5.56 Å². The molecule has 23 heavy (non-hydrogen) atoms. The van der Waals surface area contributed by atoms with Crippen LogP contribution >= 0.6 is 11.6 Å². The van der Waals surface area contributed by atoms with E-state index in [1.807, 2.05) is 54.6 Å². The zero-order valence-corrected chi connectivity index (χ0v) is 13.6. The topological polar surface area (TPSA) is 34.4 Å². The van der Waals surface area contributed by atoms with E-state index in [1.54, 1.807) is 7.11 Å². The average Bonchev–Trinajstić information content (AvgIpc) is 3.04. The Morgan fingerprint density at radius 1 is 1.00 bits per heavy atom. The maximum Gasteiger partial charge on any atom is 0.134 e. The first-order chi connectivity index (χ1) is 11.2. The summed E-state index contributed by atoms with van der Waals surface area (Å²) in [5, 5.41) is 4.10. The second kappa shape index (κ2) is 7.36. The summed E-state index contributed by atoms with van der Waals surface area (Å²) in [5.41, 5.74) is 2.20. The highest BCUT2D eigenvalue weighted by Crippen LogP contribution is 2.23. The van der Waals surface area contributed by atoms with E-state index in [2.05, 4.69) is 11.4 Å². The fraction of sp³-hybridized carbons (Fsp3) is 0.158. The van der Waals surface area contributed by atoms with Crippen LogP contribution in [0.25, 0.3) is 11.3 Å². The standard InChI is InChI=1S/C19H18ClNO2/c1-22-17-4-2-3-14(11-17)12-21-13-18-9-10-19(23-18)15-5-7-16(20)8-6-15/h2-11,21H,12-13H2,1H3. The van der Waals surface area contributed by atoms with Crippen LogP contribution in [-0.4, -0.2) is 7.11 Å². The van der Waals surface area contributed by atoms with Crippen molar-refractivity contribution in [1.82, 2.24) is 5.32 Å². The largest absolute Gasteiger partial charge is 0.497 e. The maximum atomic E-state index is 5.90. The summed E-state index contributed by atoms with van der Waals surface area (Å²) < 4.78 is 11.1. The molecule has 3 aromatic rings. The molecule has 3 rings (SSSR count). The van der Waals surface area contributed by atoms with Gasteiger partial charge in [-0.2, -0.15) is 0 Å². The van der Waals surface area contributed by atoms with Crippen LogP contribution < -0.4 is 10.1 Å². The van der Waals surface area contributed by atoms with Crippen LogP contribution in [-0.2, 0) is 13.1 Å². The lowest BCUT2D eigenvalue weighted by Crippen LogP contribution is -2.12. The summed E-state index contributed by atoms with van der Waals surface area (Å²) in [7, 11) is 1.67. The number of rotatable bonds is 6. The Kier molecular flexibility index (Phi) is 5.01. The minimum atomic E-state index is 0.671. The Morgan fingerprint density at radius 2 is 1.83 bits per heavy atom. The van der Waals surface area contributed by atoms with Crippen molar-refractivity contribution in [2.24, 2.45) is 0 Å². The zero-order chi connectivity index (χ0) is 16.1. The van der Waals surface area contributed by atoms with Gasteiger partial charge in [0, 0.05) is 17.1 Å². The molecule has 0 atom stereocenters. The molecule has 118 valence electrons. The number of furan rings is 1. The normalized spacial score (nSPS) is 10.7. The summed E-state index contributed by atoms with van der Waals surface area (Å²) in [5.74, 6) is 2.62. The molecular formula is C19H18ClNO2. The van der Waals surface area contributed by atoms with Gasteiger partial charge in [-0.15, -0.1) is 0 Å². The van der Waals surface area contributed by atoms with Gasteiger partial charge in [-0.25, -0.2) is 0 Å². The number of nitrogens with one attached hydrogen (secondary N) is 1. The molecular weight excluding hydrogens is 310 g/mol. The number of hydrogen-bond acceptors (Lipinski definition) is 3. The Balaban J connectivity index is 1.58. The van der Waals surface area contributed by atoms with Crippen molar-refractivity contribution < 1.29 is 9.15 Å². The Labute approximate surface area is 140 Å². The molecule has 0 spiro atoms. The highest BCUT2D eigenvalue weighted by atomic mass is 35.5. The third-order valence-corrected chi connectivity index (χ3v) is 3.80. The molecule has 1 aromatic heterocycles. The fourth-order valence-corrected chi connectivity index (χ4v) is 2.48. The summed E-state index contributed by atoms with van der Waals surface area (Å²) in [6.45, 7) is 1.43. The second-order valence-electron chi connectivity index (χ2n) is 5.23. The lowest BCUT2D eigenvalue weighted by atomic mass is 10.2. The molecule has 0 aliphatic carbocycles. The van der Waals surface area contributed by atoms with Gasteiger partial charge in [-0.1, -0.05) is 23.7 Å². The summed E-state index contributed by atoms with van der Waals surface area (Å²) in [4.78, 5) is 0. The van der Waals surface area contributed by atoms with E-state index < -0.39 is 0 Å². The van der Waals surface area contributed by atoms with Crippen LogP contribution in [0.1, 0.15) is 11.3 Å². The highest BCUT2D eigenvalue weighted by molar-refractivity contribution is 6.30. The molecule has 4 heteroatoms. The molecule has 0 aliphatic rings. The van der Waals surface area contributed by atoms with E-state index in [-0.39, 0.29) is 0 Å². The van der Waals surface area contributed by atoms with E-state index in [0.29, 0.717) is 6.54 Å². The molecule has 0 fully saturated rings. The minimum Gasteiger partial charge on any atom is -0.497 e. The maximum absolute atomic E-state index is 5.90. The molecule has 0 saturated heterocycles. The molecule has 0 amide bonds. The van der Waals surface area contributed by atoms with Gasteiger partial charge in [0.25, 0.3) is 0 Å². The van der Waals surface area contributed by atoms with Gasteiger partial charge in [0.05, 0.1) is 13.7 Å². The van der Waals surface area contributed by atoms with Crippen molar-refractivity contribution in [2.45, 2.75) is 13.1 Å². The average molecular weight is 328 g/mol. The SMILES string of the molecule is COc1cccc(CNCc2ccc(-c3ccc(Cl)cc3)o2)c1. The van der Waals surface area contributed by atoms with E-state index in [4.69, 9.17) is 20.8 Å². The van der Waals surface area contributed by atoms with Crippen LogP contribution in [0.5, 0.6) is 5.75 Å². The van der Waals surface area contributed by atoms with Crippen LogP contribution in [0.2, 0.25) is 5.02 Å². The number of benzene rings is 2. The van der Waals surface area contributed by atoms with Crippen molar-refractivity contribution in [3.63, 3.8) is 0 Å². The predicted octanol–water partition coefficient (Wildman–Crippen LogP) is 4.90. The van der Waals surface area contributed by atoms with Gasteiger partial charge in [-0.05, 0) is 54.1 Å². The molecule has 1 heterocycles.